The van der Waals surface area contributed by atoms with Crippen LogP contribution in [0.5, 0.6) is 0 Å². The lowest BCUT2D eigenvalue weighted by molar-refractivity contribution is -0.130. The molecule has 0 fully saturated rings. The predicted octanol–water partition coefficient (Wildman–Crippen LogP) is 4.63. The van der Waals surface area contributed by atoms with Crippen molar-refractivity contribution >= 4 is 17.7 Å². The van der Waals surface area contributed by atoms with E-state index >= 15 is 0 Å². The molecule has 0 bridgehead atoms. The Morgan fingerprint density at radius 3 is 2.42 bits per heavy atom. The molecule has 0 spiro atoms. The van der Waals surface area contributed by atoms with Crippen LogP contribution in [0.25, 0.3) is 0 Å². The first kappa shape index (κ1) is 18.4. The maximum atomic E-state index is 13.6. The summed E-state index contributed by atoms with van der Waals surface area (Å²) < 4.78 is 39.5. The Balaban J connectivity index is 1.75. The highest BCUT2D eigenvalue weighted by atomic mass is 32.2. The number of benzene rings is 2. The third-order valence-corrected chi connectivity index (χ3v) is 4.56. The summed E-state index contributed by atoms with van der Waals surface area (Å²) in [4.78, 5) is 14.4. The van der Waals surface area contributed by atoms with Gasteiger partial charge in [0.1, 0.15) is 17.5 Å². The zero-order chi connectivity index (χ0) is 17.5. The minimum Gasteiger partial charge on any atom is -0.341 e. The van der Waals surface area contributed by atoms with E-state index in [-0.39, 0.29) is 23.8 Å². The molecule has 0 unspecified atom stereocenters. The number of rotatable bonds is 7. The van der Waals surface area contributed by atoms with Gasteiger partial charge in [-0.05, 0) is 54.6 Å². The number of amides is 1. The van der Waals surface area contributed by atoms with Crippen molar-refractivity contribution in [3.05, 3.63) is 65.5 Å². The first-order chi connectivity index (χ1) is 11.5. The quantitative estimate of drug-likeness (QED) is 0.534. The van der Waals surface area contributed by atoms with Crippen LogP contribution in [-0.4, -0.2) is 23.6 Å². The van der Waals surface area contributed by atoms with Crippen molar-refractivity contribution in [2.24, 2.45) is 0 Å². The Morgan fingerprint density at radius 1 is 1.04 bits per heavy atom. The average molecular weight is 353 g/mol. The van der Waals surface area contributed by atoms with E-state index in [0.29, 0.717) is 12.8 Å². The van der Waals surface area contributed by atoms with Gasteiger partial charge in [-0.3, -0.25) is 4.79 Å². The van der Waals surface area contributed by atoms with Crippen LogP contribution >= 0.6 is 11.8 Å². The number of carbonyl (C=O) groups is 1. The molecule has 2 nitrogen and oxygen atoms in total. The van der Waals surface area contributed by atoms with Crippen LogP contribution < -0.4 is 0 Å². The van der Waals surface area contributed by atoms with E-state index in [4.69, 9.17) is 0 Å². The molecule has 2 rings (SSSR count). The second-order valence-corrected chi connectivity index (χ2v) is 6.56. The van der Waals surface area contributed by atoms with Crippen molar-refractivity contribution in [2.45, 2.75) is 24.3 Å². The first-order valence-electron chi connectivity index (χ1n) is 7.52. The Morgan fingerprint density at radius 2 is 1.71 bits per heavy atom. The molecule has 0 heterocycles. The molecular weight excluding hydrogens is 335 g/mol. The SMILES string of the molecule is CN(Cc1cc(F)ccc1F)C(=O)CCCSc1ccc(F)cc1. The van der Waals surface area contributed by atoms with Crippen molar-refractivity contribution in [3.8, 4) is 0 Å². The number of nitrogens with zero attached hydrogens (tertiary/aromatic N) is 1. The van der Waals surface area contributed by atoms with Crippen LogP contribution in [0.1, 0.15) is 18.4 Å². The number of carbonyl (C=O) groups excluding carboxylic acids is 1. The molecule has 2 aromatic carbocycles. The molecule has 24 heavy (non-hydrogen) atoms. The molecule has 0 radical (unpaired) electrons. The van der Waals surface area contributed by atoms with E-state index in [1.54, 1.807) is 30.9 Å². The van der Waals surface area contributed by atoms with Gasteiger partial charge in [0, 0.05) is 30.5 Å². The van der Waals surface area contributed by atoms with Crippen molar-refractivity contribution in [1.82, 2.24) is 4.90 Å². The van der Waals surface area contributed by atoms with Crippen LogP contribution in [0.15, 0.2) is 47.4 Å². The zero-order valence-corrected chi connectivity index (χ0v) is 14.1. The third-order valence-electron chi connectivity index (χ3n) is 3.46. The molecule has 2 aromatic rings. The van der Waals surface area contributed by atoms with Gasteiger partial charge in [0.2, 0.25) is 5.91 Å². The zero-order valence-electron chi connectivity index (χ0n) is 13.3. The van der Waals surface area contributed by atoms with Crippen molar-refractivity contribution in [3.63, 3.8) is 0 Å². The van der Waals surface area contributed by atoms with Gasteiger partial charge in [-0.1, -0.05) is 0 Å². The molecule has 0 atom stereocenters. The fourth-order valence-electron chi connectivity index (χ4n) is 2.14. The Kier molecular flexibility index (Phi) is 6.73. The maximum Gasteiger partial charge on any atom is 0.222 e. The molecule has 0 aliphatic carbocycles. The van der Waals surface area contributed by atoms with Gasteiger partial charge in [0.05, 0.1) is 0 Å². The lowest BCUT2D eigenvalue weighted by atomic mass is 10.2. The second kappa shape index (κ2) is 8.78. The van der Waals surface area contributed by atoms with E-state index in [0.717, 1.165) is 28.8 Å². The summed E-state index contributed by atoms with van der Waals surface area (Å²) in [6.07, 6.45) is 0.971. The van der Waals surface area contributed by atoms with E-state index < -0.39 is 11.6 Å². The number of halogens is 3. The molecule has 0 saturated heterocycles. The van der Waals surface area contributed by atoms with E-state index in [1.165, 1.54) is 17.0 Å². The van der Waals surface area contributed by atoms with Gasteiger partial charge in [-0.2, -0.15) is 0 Å². The highest BCUT2D eigenvalue weighted by molar-refractivity contribution is 7.99. The average Bonchev–Trinajstić information content (AvgIpc) is 2.56. The molecular formula is C18H18F3NOS. The number of hydrogen-bond acceptors (Lipinski definition) is 2. The molecule has 1 amide bonds. The summed E-state index contributed by atoms with van der Waals surface area (Å²) in [5, 5.41) is 0. The fourth-order valence-corrected chi connectivity index (χ4v) is 3.00. The van der Waals surface area contributed by atoms with Gasteiger partial charge in [0.15, 0.2) is 0 Å². The Labute approximate surface area is 143 Å². The molecule has 0 aromatic heterocycles. The fraction of sp³-hybridized carbons (Fsp3) is 0.278. The number of hydrogen-bond donors (Lipinski definition) is 0. The van der Waals surface area contributed by atoms with Gasteiger partial charge in [0.25, 0.3) is 0 Å². The van der Waals surface area contributed by atoms with E-state index in [2.05, 4.69) is 0 Å². The van der Waals surface area contributed by atoms with Crippen LogP contribution in [0, 0.1) is 17.5 Å². The normalized spacial score (nSPS) is 10.7. The summed E-state index contributed by atoms with van der Waals surface area (Å²) in [6, 6.07) is 9.39. The topological polar surface area (TPSA) is 20.3 Å². The standard InChI is InChI=1S/C18H18F3NOS/c1-22(12-13-11-15(20)6-9-17(13)21)18(23)3-2-10-24-16-7-4-14(19)5-8-16/h4-9,11H,2-3,10,12H2,1H3. The Hall–Kier alpha value is -1.95. The molecule has 0 N–H and O–H groups in total. The Bertz CT molecular complexity index is 691. The second-order valence-electron chi connectivity index (χ2n) is 5.39. The summed E-state index contributed by atoms with van der Waals surface area (Å²) in [5.74, 6) is -0.732. The largest absolute Gasteiger partial charge is 0.341 e. The monoisotopic (exact) mass is 353 g/mol. The van der Waals surface area contributed by atoms with Gasteiger partial charge >= 0.3 is 0 Å². The van der Waals surface area contributed by atoms with Crippen LogP contribution in [-0.2, 0) is 11.3 Å². The van der Waals surface area contributed by atoms with Gasteiger partial charge < -0.3 is 4.90 Å². The summed E-state index contributed by atoms with van der Waals surface area (Å²) in [6.45, 7) is 0.0352. The molecule has 6 heteroatoms. The van der Waals surface area contributed by atoms with Crippen molar-refractivity contribution in [2.75, 3.05) is 12.8 Å². The smallest absolute Gasteiger partial charge is 0.222 e. The highest BCUT2D eigenvalue weighted by Gasteiger charge is 2.12. The molecule has 0 aliphatic rings. The minimum absolute atomic E-state index is 0.0352. The lowest BCUT2D eigenvalue weighted by Gasteiger charge is -2.17. The minimum atomic E-state index is -0.525. The van der Waals surface area contributed by atoms with Gasteiger partial charge in [-0.15, -0.1) is 11.8 Å². The van der Waals surface area contributed by atoms with Crippen LogP contribution in [0.2, 0.25) is 0 Å². The molecule has 128 valence electrons. The van der Waals surface area contributed by atoms with Crippen LogP contribution in [0.3, 0.4) is 0 Å². The molecule has 0 saturated carbocycles. The lowest BCUT2D eigenvalue weighted by Crippen LogP contribution is -2.26. The predicted molar refractivity (Wildman–Crippen MR) is 89.2 cm³/mol. The number of thioether (sulfide) groups is 1. The maximum absolute atomic E-state index is 13.6. The van der Waals surface area contributed by atoms with Crippen LogP contribution in [0.4, 0.5) is 13.2 Å². The summed E-state index contributed by atoms with van der Waals surface area (Å²) in [7, 11) is 1.57. The highest BCUT2D eigenvalue weighted by Crippen LogP contribution is 2.20. The summed E-state index contributed by atoms with van der Waals surface area (Å²) in [5.41, 5.74) is 0.159. The van der Waals surface area contributed by atoms with Crippen molar-refractivity contribution < 1.29 is 18.0 Å². The summed E-state index contributed by atoms with van der Waals surface area (Å²) >= 11 is 1.54. The van der Waals surface area contributed by atoms with Gasteiger partial charge in [-0.25, -0.2) is 13.2 Å². The van der Waals surface area contributed by atoms with Crippen molar-refractivity contribution in [1.29, 1.82) is 0 Å². The third kappa shape index (κ3) is 5.60. The van der Waals surface area contributed by atoms with E-state index in [9.17, 15) is 18.0 Å². The first-order valence-corrected chi connectivity index (χ1v) is 8.50. The van der Waals surface area contributed by atoms with E-state index in [1.807, 2.05) is 0 Å². The molecule has 0 aliphatic heterocycles.